The number of anilines is 1. The predicted octanol–water partition coefficient (Wildman–Crippen LogP) is 4.07. The van der Waals surface area contributed by atoms with Gasteiger partial charge in [0.05, 0.1) is 0 Å². The van der Waals surface area contributed by atoms with Crippen LogP contribution in [0.1, 0.15) is 10.4 Å². The minimum absolute atomic E-state index is 0.169. The van der Waals surface area contributed by atoms with E-state index in [4.69, 9.17) is 11.6 Å². The van der Waals surface area contributed by atoms with Crippen molar-refractivity contribution in [2.45, 2.75) is 0 Å². The highest BCUT2D eigenvalue weighted by Gasteiger charge is 2.06. The van der Waals surface area contributed by atoms with Gasteiger partial charge in [-0.2, -0.15) is 0 Å². The van der Waals surface area contributed by atoms with Gasteiger partial charge in [0.15, 0.2) is 0 Å². The van der Waals surface area contributed by atoms with Gasteiger partial charge < -0.3 is 10.3 Å². The second-order valence-corrected chi connectivity index (χ2v) is 4.68. The number of aromatic nitrogens is 1. The van der Waals surface area contributed by atoms with E-state index in [1.807, 2.05) is 30.5 Å². The van der Waals surface area contributed by atoms with Crippen LogP contribution in [0.5, 0.6) is 0 Å². The van der Waals surface area contributed by atoms with E-state index < -0.39 is 0 Å². The van der Waals surface area contributed by atoms with E-state index in [1.54, 1.807) is 24.3 Å². The number of hydrogen-bond acceptors (Lipinski definition) is 1. The van der Waals surface area contributed by atoms with Crippen LogP contribution < -0.4 is 5.32 Å². The third kappa shape index (κ3) is 2.46. The third-order valence-electron chi connectivity index (χ3n) is 2.90. The average Bonchev–Trinajstić information content (AvgIpc) is 2.86. The van der Waals surface area contributed by atoms with Gasteiger partial charge in [0.2, 0.25) is 0 Å². The van der Waals surface area contributed by atoms with E-state index in [1.165, 1.54) is 0 Å². The van der Waals surface area contributed by atoms with E-state index >= 15 is 0 Å². The molecule has 0 radical (unpaired) electrons. The largest absolute Gasteiger partial charge is 0.361 e. The summed E-state index contributed by atoms with van der Waals surface area (Å²) in [6, 6.07) is 14.6. The van der Waals surface area contributed by atoms with Gasteiger partial charge in [-0.15, -0.1) is 0 Å². The summed E-state index contributed by atoms with van der Waals surface area (Å²) >= 11 is 5.87. The lowest BCUT2D eigenvalue weighted by molar-refractivity contribution is 0.102. The first-order chi connectivity index (χ1) is 9.22. The molecule has 3 aromatic rings. The zero-order valence-electron chi connectivity index (χ0n) is 9.98. The molecule has 0 aliphatic carbocycles. The Hall–Kier alpha value is -2.26. The topological polar surface area (TPSA) is 44.9 Å². The number of aromatic amines is 1. The van der Waals surface area contributed by atoms with Crippen LogP contribution in [0.3, 0.4) is 0 Å². The fourth-order valence-electron chi connectivity index (χ4n) is 1.96. The molecule has 3 nitrogen and oxygen atoms in total. The lowest BCUT2D eigenvalue weighted by atomic mass is 10.2. The Kier molecular flexibility index (Phi) is 2.97. The number of fused-ring (bicyclic) bond motifs is 1. The molecule has 0 aliphatic rings. The van der Waals surface area contributed by atoms with E-state index in [-0.39, 0.29) is 5.91 Å². The Morgan fingerprint density at radius 2 is 2.00 bits per heavy atom. The van der Waals surface area contributed by atoms with Gasteiger partial charge >= 0.3 is 0 Å². The van der Waals surface area contributed by atoms with Crippen molar-refractivity contribution in [2.75, 3.05) is 5.32 Å². The smallest absolute Gasteiger partial charge is 0.255 e. The van der Waals surface area contributed by atoms with E-state index in [0.29, 0.717) is 10.6 Å². The van der Waals surface area contributed by atoms with Crippen LogP contribution in [0.15, 0.2) is 54.7 Å². The molecule has 0 aliphatic heterocycles. The summed E-state index contributed by atoms with van der Waals surface area (Å²) in [5.74, 6) is -0.169. The zero-order chi connectivity index (χ0) is 13.2. The predicted molar refractivity (Wildman–Crippen MR) is 77.7 cm³/mol. The highest BCUT2D eigenvalue weighted by molar-refractivity contribution is 6.31. The summed E-state index contributed by atoms with van der Waals surface area (Å²) in [5, 5.41) is 4.46. The number of hydrogen-bond donors (Lipinski definition) is 2. The highest BCUT2D eigenvalue weighted by Crippen LogP contribution is 2.19. The molecule has 0 atom stereocenters. The Bertz CT molecular complexity index is 748. The molecule has 3 rings (SSSR count). The molecule has 1 aromatic heterocycles. The van der Waals surface area contributed by atoms with Crippen molar-refractivity contribution in [3.8, 4) is 0 Å². The van der Waals surface area contributed by atoms with Crippen molar-refractivity contribution in [2.24, 2.45) is 0 Å². The molecule has 0 saturated carbocycles. The lowest BCUT2D eigenvalue weighted by Gasteiger charge is -2.05. The van der Waals surface area contributed by atoms with Crippen LogP contribution in [-0.2, 0) is 0 Å². The first-order valence-electron chi connectivity index (χ1n) is 5.86. The van der Waals surface area contributed by atoms with Crippen LogP contribution in [0.2, 0.25) is 5.02 Å². The molecule has 2 N–H and O–H groups in total. The molecule has 4 heteroatoms. The standard InChI is InChI=1S/C15H11ClN2O/c16-12-3-1-2-11(8-12)15(19)18-13-4-5-14-10(9-13)6-7-17-14/h1-9,17H,(H,18,19). The number of amides is 1. The fourth-order valence-corrected chi connectivity index (χ4v) is 2.15. The van der Waals surface area contributed by atoms with Crippen LogP contribution in [-0.4, -0.2) is 10.9 Å². The number of carbonyl (C=O) groups excluding carboxylic acids is 1. The van der Waals surface area contributed by atoms with Gasteiger partial charge in [-0.3, -0.25) is 4.79 Å². The van der Waals surface area contributed by atoms with Gasteiger partial charge in [0.25, 0.3) is 5.91 Å². The fraction of sp³-hybridized carbons (Fsp3) is 0. The van der Waals surface area contributed by atoms with Crippen LogP contribution in [0.25, 0.3) is 10.9 Å². The maximum absolute atomic E-state index is 12.1. The lowest BCUT2D eigenvalue weighted by Crippen LogP contribution is -2.11. The number of H-pyrrole nitrogens is 1. The molecular formula is C15H11ClN2O. The molecule has 94 valence electrons. The SMILES string of the molecule is O=C(Nc1ccc2[nH]ccc2c1)c1cccc(Cl)c1. The molecule has 2 aromatic carbocycles. The summed E-state index contributed by atoms with van der Waals surface area (Å²) in [4.78, 5) is 15.2. The minimum Gasteiger partial charge on any atom is -0.361 e. The van der Waals surface area contributed by atoms with Crippen molar-refractivity contribution in [1.82, 2.24) is 4.98 Å². The molecule has 0 fully saturated rings. The molecule has 19 heavy (non-hydrogen) atoms. The van der Waals surface area contributed by atoms with Crippen molar-refractivity contribution in [3.63, 3.8) is 0 Å². The first-order valence-corrected chi connectivity index (χ1v) is 6.24. The van der Waals surface area contributed by atoms with E-state index in [0.717, 1.165) is 16.6 Å². The zero-order valence-corrected chi connectivity index (χ0v) is 10.7. The first kappa shape index (κ1) is 11.8. The number of halogens is 1. The monoisotopic (exact) mass is 270 g/mol. The van der Waals surface area contributed by atoms with Crippen molar-refractivity contribution >= 4 is 34.1 Å². The van der Waals surface area contributed by atoms with E-state index in [9.17, 15) is 4.79 Å². The summed E-state index contributed by atoms with van der Waals surface area (Å²) in [7, 11) is 0. The van der Waals surface area contributed by atoms with Gasteiger partial charge in [0.1, 0.15) is 0 Å². The summed E-state index contributed by atoms with van der Waals surface area (Å²) < 4.78 is 0. The normalized spacial score (nSPS) is 10.6. The maximum Gasteiger partial charge on any atom is 0.255 e. The Balaban J connectivity index is 1.86. The summed E-state index contributed by atoms with van der Waals surface area (Å²) in [5.41, 5.74) is 2.35. The Morgan fingerprint density at radius 1 is 1.11 bits per heavy atom. The highest BCUT2D eigenvalue weighted by atomic mass is 35.5. The molecule has 1 amide bonds. The van der Waals surface area contributed by atoms with Gasteiger partial charge in [0, 0.05) is 33.4 Å². The minimum atomic E-state index is -0.169. The summed E-state index contributed by atoms with van der Waals surface area (Å²) in [6.45, 7) is 0. The van der Waals surface area contributed by atoms with Gasteiger partial charge in [-0.25, -0.2) is 0 Å². The van der Waals surface area contributed by atoms with Crippen LogP contribution in [0.4, 0.5) is 5.69 Å². The molecule has 1 heterocycles. The number of nitrogens with one attached hydrogen (secondary N) is 2. The summed E-state index contributed by atoms with van der Waals surface area (Å²) in [6.07, 6.45) is 1.87. The van der Waals surface area contributed by atoms with Crippen molar-refractivity contribution in [3.05, 3.63) is 65.3 Å². The maximum atomic E-state index is 12.1. The van der Waals surface area contributed by atoms with E-state index in [2.05, 4.69) is 10.3 Å². The van der Waals surface area contributed by atoms with Crippen LogP contribution in [0, 0.1) is 0 Å². The quantitative estimate of drug-likeness (QED) is 0.724. The second-order valence-electron chi connectivity index (χ2n) is 4.24. The van der Waals surface area contributed by atoms with Gasteiger partial charge in [-0.1, -0.05) is 17.7 Å². The van der Waals surface area contributed by atoms with Crippen molar-refractivity contribution < 1.29 is 4.79 Å². The van der Waals surface area contributed by atoms with Crippen molar-refractivity contribution in [1.29, 1.82) is 0 Å². The Morgan fingerprint density at radius 3 is 2.84 bits per heavy atom. The Labute approximate surface area is 115 Å². The number of benzene rings is 2. The van der Waals surface area contributed by atoms with Crippen LogP contribution >= 0.6 is 11.6 Å². The van der Waals surface area contributed by atoms with Gasteiger partial charge in [-0.05, 0) is 42.5 Å². The number of carbonyl (C=O) groups is 1. The molecular weight excluding hydrogens is 260 g/mol. The molecule has 0 bridgehead atoms. The average molecular weight is 271 g/mol. The second kappa shape index (κ2) is 4.78. The molecule has 0 unspecified atom stereocenters. The molecule has 0 spiro atoms. The third-order valence-corrected chi connectivity index (χ3v) is 3.13. The molecule has 0 saturated heterocycles. The number of rotatable bonds is 2.